The maximum absolute atomic E-state index is 13.0. The van der Waals surface area contributed by atoms with E-state index in [0.29, 0.717) is 43.2 Å². The van der Waals surface area contributed by atoms with Crippen LogP contribution in [0.15, 0.2) is 18.2 Å². The van der Waals surface area contributed by atoms with Crippen molar-refractivity contribution in [3.63, 3.8) is 0 Å². The van der Waals surface area contributed by atoms with E-state index in [0.717, 1.165) is 25.7 Å². The van der Waals surface area contributed by atoms with Crippen LogP contribution >= 0.6 is 0 Å². The van der Waals surface area contributed by atoms with Gasteiger partial charge in [-0.25, -0.2) is 0 Å². The summed E-state index contributed by atoms with van der Waals surface area (Å²) in [7, 11) is 0. The highest BCUT2D eigenvalue weighted by atomic mass is 16.5. The van der Waals surface area contributed by atoms with Crippen LogP contribution < -0.4 is 9.47 Å². The summed E-state index contributed by atoms with van der Waals surface area (Å²) in [6.45, 7) is 5.68. The molecule has 1 aromatic carbocycles. The summed E-state index contributed by atoms with van der Waals surface area (Å²) in [6, 6.07) is 5.27. The first-order chi connectivity index (χ1) is 12.6. The van der Waals surface area contributed by atoms with Crippen molar-refractivity contribution in [2.75, 3.05) is 19.8 Å². The van der Waals surface area contributed by atoms with E-state index in [2.05, 4.69) is 0 Å². The number of carbonyl (C=O) groups excluding carboxylic acids is 1. The Morgan fingerprint density at radius 1 is 1.19 bits per heavy atom. The van der Waals surface area contributed by atoms with Gasteiger partial charge in [-0.1, -0.05) is 6.92 Å². The van der Waals surface area contributed by atoms with E-state index < -0.39 is 5.97 Å². The summed E-state index contributed by atoms with van der Waals surface area (Å²) < 4.78 is 11.3. The third kappa shape index (κ3) is 5.38. The van der Waals surface area contributed by atoms with Gasteiger partial charge in [-0.15, -0.1) is 0 Å². The maximum Gasteiger partial charge on any atom is 0.303 e. The number of hydrogen-bond acceptors (Lipinski definition) is 4. The zero-order valence-corrected chi connectivity index (χ0v) is 15.7. The molecule has 6 nitrogen and oxygen atoms in total. The van der Waals surface area contributed by atoms with Crippen molar-refractivity contribution < 1.29 is 24.2 Å². The van der Waals surface area contributed by atoms with Crippen LogP contribution in [-0.2, 0) is 4.79 Å². The molecule has 1 fully saturated rings. The van der Waals surface area contributed by atoms with Gasteiger partial charge in [-0.3, -0.25) is 9.59 Å². The van der Waals surface area contributed by atoms with Crippen molar-refractivity contribution >= 4 is 11.9 Å². The van der Waals surface area contributed by atoms with Crippen molar-refractivity contribution in [3.05, 3.63) is 23.8 Å². The molecule has 144 valence electrons. The van der Waals surface area contributed by atoms with Crippen LogP contribution in [0.2, 0.25) is 0 Å². The maximum atomic E-state index is 13.0. The third-order valence-corrected chi connectivity index (χ3v) is 4.53. The Bertz CT molecular complexity index is 616. The van der Waals surface area contributed by atoms with Crippen molar-refractivity contribution in [1.29, 1.82) is 0 Å². The number of rotatable bonds is 9. The summed E-state index contributed by atoms with van der Waals surface area (Å²) in [4.78, 5) is 25.7. The molecule has 1 N–H and O–H groups in total. The van der Waals surface area contributed by atoms with Gasteiger partial charge in [0.05, 0.1) is 13.2 Å². The number of nitrogens with zero attached hydrogens (tertiary/aromatic N) is 1. The van der Waals surface area contributed by atoms with Crippen LogP contribution in [0.4, 0.5) is 0 Å². The lowest BCUT2D eigenvalue weighted by atomic mass is 9.97. The smallest absolute Gasteiger partial charge is 0.303 e. The average Bonchev–Trinajstić information content (AvgIpc) is 2.65. The molecule has 0 aliphatic carbocycles. The van der Waals surface area contributed by atoms with Crippen LogP contribution in [-0.4, -0.2) is 47.7 Å². The Morgan fingerprint density at radius 3 is 2.69 bits per heavy atom. The Morgan fingerprint density at radius 2 is 2.00 bits per heavy atom. The second kappa shape index (κ2) is 10.0. The molecule has 1 amide bonds. The standard InChI is InChI=1S/C20H29NO5/c1-3-13-26-17-10-8-15(14-18(17)25-4-2)20(24)21-12-6-5-7-16(21)9-11-19(22)23/h8,10,14,16H,3-7,9,11-13H2,1-2H3,(H,22,23). The molecule has 1 unspecified atom stereocenters. The van der Waals surface area contributed by atoms with Gasteiger partial charge in [0.25, 0.3) is 5.91 Å². The Hall–Kier alpha value is -2.24. The van der Waals surface area contributed by atoms with E-state index >= 15 is 0 Å². The zero-order valence-electron chi connectivity index (χ0n) is 15.7. The predicted octanol–water partition coefficient (Wildman–Crippen LogP) is 3.73. The predicted molar refractivity (Wildman–Crippen MR) is 98.9 cm³/mol. The number of carboxylic acid groups (broad SMARTS) is 1. The molecule has 6 heteroatoms. The van der Waals surface area contributed by atoms with Gasteiger partial charge in [0, 0.05) is 24.6 Å². The fraction of sp³-hybridized carbons (Fsp3) is 0.600. The molecule has 0 spiro atoms. The lowest BCUT2D eigenvalue weighted by Gasteiger charge is -2.35. The first kappa shape index (κ1) is 20.1. The molecule has 26 heavy (non-hydrogen) atoms. The molecule has 0 radical (unpaired) electrons. The second-order valence-corrected chi connectivity index (χ2v) is 6.52. The number of aliphatic carboxylic acids is 1. The molecule has 0 bridgehead atoms. The molecule has 2 rings (SSSR count). The van der Waals surface area contributed by atoms with Gasteiger partial charge in [0.2, 0.25) is 0 Å². The minimum Gasteiger partial charge on any atom is -0.490 e. The number of ether oxygens (including phenoxy) is 2. The van der Waals surface area contributed by atoms with Crippen LogP contribution in [0.25, 0.3) is 0 Å². The molecular weight excluding hydrogens is 334 g/mol. The molecule has 1 aromatic rings. The topological polar surface area (TPSA) is 76.1 Å². The van der Waals surface area contributed by atoms with E-state index in [1.165, 1.54) is 0 Å². The second-order valence-electron chi connectivity index (χ2n) is 6.52. The third-order valence-electron chi connectivity index (χ3n) is 4.53. The largest absolute Gasteiger partial charge is 0.490 e. The lowest BCUT2D eigenvalue weighted by molar-refractivity contribution is -0.137. The van der Waals surface area contributed by atoms with Gasteiger partial charge < -0.3 is 19.5 Å². The first-order valence-corrected chi connectivity index (χ1v) is 9.49. The minimum absolute atomic E-state index is 0.0149. The lowest BCUT2D eigenvalue weighted by Crippen LogP contribution is -2.44. The Kier molecular flexibility index (Phi) is 7.75. The number of carboxylic acids is 1. The van der Waals surface area contributed by atoms with E-state index in [-0.39, 0.29) is 18.4 Å². The SMILES string of the molecule is CCCOc1ccc(C(=O)N2CCCCC2CCC(=O)O)cc1OCC. The summed E-state index contributed by atoms with van der Waals surface area (Å²) in [5.41, 5.74) is 0.555. The van der Waals surface area contributed by atoms with E-state index in [4.69, 9.17) is 14.6 Å². The molecule has 0 saturated carbocycles. The van der Waals surface area contributed by atoms with Gasteiger partial charge in [0.1, 0.15) is 0 Å². The monoisotopic (exact) mass is 363 g/mol. The fourth-order valence-electron chi connectivity index (χ4n) is 3.26. The number of likely N-dealkylation sites (tertiary alicyclic amines) is 1. The minimum atomic E-state index is -0.820. The van der Waals surface area contributed by atoms with Crippen LogP contribution in [0.3, 0.4) is 0 Å². The van der Waals surface area contributed by atoms with Crippen LogP contribution in [0.5, 0.6) is 11.5 Å². The zero-order chi connectivity index (χ0) is 18.9. The van der Waals surface area contributed by atoms with Crippen LogP contribution in [0, 0.1) is 0 Å². The molecule has 1 aliphatic heterocycles. The summed E-state index contributed by atoms with van der Waals surface area (Å²) in [6.07, 6.45) is 4.31. The molecule has 1 heterocycles. The van der Waals surface area contributed by atoms with E-state index in [1.54, 1.807) is 18.2 Å². The quantitative estimate of drug-likeness (QED) is 0.723. The van der Waals surface area contributed by atoms with Crippen molar-refractivity contribution in [2.24, 2.45) is 0 Å². The normalized spacial score (nSPS) is 17.0. The molecular formula is C20H29NO5. The van der Waals surface area contributed by atoms with Crippen LogP contribution in [0.1, 0.15) is 62.7 Å². The Balaban J connectivity index is 2.17. The average molecular weight is 363 g/mol. The van der Waals surface area contributed by atoms with Gasteiger partial charge in [-0.2, -0.15) is 0 Å². The molecule has 1 atom stereocenters. The molecule has 0 aromatic heterocycles. The number of amides is 1. The van der Waals surface area contributed by atoms with Crippen molar-refractivity contribution in [1.82, 2.24) is 4.90 Å². The molecule has 1 saturated heterocycles. The summed E-state index contributed by atoms with van der Waals surface area (Å²) in [5.74, 6) is 0.333. The molecule has 1 aliphatic rings. The number of hydrogen-bond donors (Lipinski definition) is 1. The van der Waals surface area contributed by atoms with Gasteiger partial charge in [-0.05, 0) is 57.2 Å². The fourth-order valence-corrected chi connectivity index (χ4v) is 3.26. The summed E-state index contributed by atoms with van der Waals surface area (Å²) in [5, 5.41) is 8.95. The number of benzene rings is 1. The van der Waals surface area contributed by atoms with Gasteiger partial charge in [0.15, 0.2) is 11.5 Å². The van der Waals surface area contributed by atoms with Gasteiger partial charge >= 0.3 is 5.97 Å². The van der Waals surface area contributed by atoms with E-state index in [9.17, 15) is 9.59 Å². The van der Waals surface area contributed by atoms with Crippen molar-refractivity contribution in [3.8, 4) is 11.5 Å². The Labute approximate surface area is 155 Å². The van der Waals surface area contributed by atoms with Crippen molar-refractivity contribution in [2.45, 2.75) is 58.4 Å². The van der Waals surface area contributed by atoms with E-state index in [1.807, 2.05) is 18.7 Å². The highest BCUT2D eigenvalue weighted by molar-refractivity contribution is 5.95. The number of carbonyl (C=O) groups is 2. The highest BCUT2D eigenvalue weighted by Crippen LogP contribution is 2.30. The summed E-state index contributed by atoms with van der Waals surface area (Å²) >= 11 is 0. The number of piperidine rings is 1. The first-order valence-electron chi connectivity index (χ1n) is 9.49. The highest BCUT2D eigenvalue weighted by Gasteiger charge is 2.28.